The first-order chi connectivity index (χ1) is 15.7. The molecular weight excluding hydrogens is 420 g/mol. The number of ketones is 1. The Morgan fingerprint density at radius 3 is 2.55 bits per heavy atom. The molecule has 0 aliphatic heterocycles. The van der Waals surface area contributed by atoms with Crippen LogP contribution in [0.25, 0.3) is 27.7 Å². The maximum absolute atomic E-state index is 12.2. The lowest BCUT2D eigenvalue weighted by atomic mass is 10.0. The van der Waals surface area contributed by atoms with E-state index in [9.17, 15) is 9.59 Å². The Balaban J connectivity index is 1.75. The van der Waals surface area contributed by atoms with E-state index in [1.807, 2.05) is 26.0 Å². The Bertz CT molecular complexity index is 1370. The number of aromatic nitrogens is 5. The van der Waals surface area contributed by atoms with Gasteiger partial charge in [0.05, 0.1) is 5.52 Å². The quantitative estimate of drug-likeness (QED) is 0.430. The minimum Gasteiger partial charge on any atom is -0.444 e. The first kappa shape index (κ1) is 22.3. The fraction of sp³-hybridized carbons (Fsp3) is 0.333. The van der Waals surface area contributed by atoms with E-state index >= 15 is 0 Å². The molecule has 0 saturated carbocycles. The number of hydrogen-bond donors (Lipinski definition) is 1. The number of hydrogen-bond acceptors (Lipinski definition) is 7. The highest BCUT2D eigenvalue weighted by Crippen LogP contribution is 2.31. The first-order valence-electron chi connectivity index (χ1n) is 10.8. The molecule has 9 nitrogen and oxygen atoms in total. The number of amides is 1. The molecule has 4 rings (SSSR count). The van der Waals surface area contributed by atoms with Crippen LogP contribution in [0.5, 0.6) is 0 Å². The van der Waals surface area contributed by atoms with Gasteiger partial charge in [0.2, 0.25) is 0 Å². The van der Waals surface area contributed by atoms with Crippen molar-refractivity contribution in [3.05, 3.63) is 48.2 Å². The van der Waals surface area contributed by atoms with E-state index in [1.54, 1.807) is 43.7 Å². The third kappa shape index (κ3) is 4.67. The largest absolute Gasteiger partial charge is 0.444 e. The monoisotopic (exact) mass is 446 g/mol. The van der Waals surface area contributed by atoms with Gasteiger partial charge in [-0.3, -0.25) is 15.1 Å². The van der Waals surface area contributed by atoms with Crippen LogP contribution < -0.4 is 5.32 Å². The van der Waals surface area contributed by atoms with Crippen LogP contribution in [0.2, 0.25) is 0 Å². The zero-order chi connectivity index (χ0) is 23.8. The summed E-state index contributed by atoms with van der Waals surface area (Å²) in [7, 11) is 0. The van der Waals surface area contributed by atoms with Crippen LogP contribution >= 0.6 is 0 Å². The summed E-state index contributed by atoms with van der Waals surface area (Å²) in [4.78, 5) is 37.6. The minimum absolute atomic E-state index is 0.0347. The highest BCUT2D eigenvalue weighted by Gasteiger charge is 2.18. The van der Waals surface area contributed by atoms with Crippen molar-refractivity contribution in [1.82, 2.24) is 24.6 Å². The van der Waals surface area contributed by atoms with E-state index in [2.05, 4.69) is 25.4 Å². The molecule has 0 spiro atoms. The lowest BCUT2D eigenvalue weighted by Crippen LogP contribution is -2.27. The standard InChI is InChI=1S/C24H26N6O3/c1-6-7-20(31)18-8-14(2)17(12-25-18)16-9-15-11-26-21(29-23(32)33-24(3,4)5)10-19(15)30-22(16)27-13-28-30/h8-13H,6-7H2,1-5H3,(H,26,29,32). The molecule has 0 fully saturated rings. The van der Waals surface area contributed by atoms with Crippen molar-refractivity contribution in [1.29, 1.82) is 0 Å². The van der Waals surface area contributed by atoms with Crippen molar-refractivity contribution >= 4 is 34.2 Å². The molecule has 0 aliphatic carbocycles. The third-order valence-corrected chi connectivity index (χ3v) is 5.02. The fourth-order valence-corrected chi connectivity index (χ4v) is 3.59. The van der Waals surface area contributed by atoms with E-state index in [0.29, 0.717) is 23.6 Å². The van der Waals surface area contributed by atoms with E-state index in [0.717, 1.165) is 34.0 Å². The topological polar surface area (TPSA) is 111 Å². The molecule has 1 N–H and O–H groups in total. The predicted molar refractivity (Wildman–Crippen MR) is 125 cm³/mol. The Morgan fingerprint density at radius 1 is 1.06 bits per heavy atom. The van der Waals surface area contributed by atoms with Crippen LogP contribution in [0.3, 0.4) is 0 Å². The van der Waals surface area contributed by atoms with E-state index in [1.165, 1.54) is 6.33 Å². The summed E-state index contributed by atoms with van der Waals surface area (Å²) >= 11 is 0. The number of ether oxygens (including phenoxy) is 1. The molecule has 0 radical (unpaired) electrons. The summed E-state index contributed by atoms with van der Waals surface area (Å²) in [6, 6.07) is 5.50. The van der Waals surface area contributed by atoms with Crippen molar-refractivity contribution in [2.75, 3.05) is 5.32 Å². The van der Waals surface area contributed by atoms with Crippen molar-refractivity contribution in [2.24, 2.45) is 0 Å². The fourth-order valence-electron chi connectivity index (χ4n) is 3.59. The van der Waals surface area contributed by atoms with Gasteiger partial charge in [-0.1, -0.05) is 6.92 Å². The summed E-state index contributed by atoms with van der Waals surface area (Å²) in [5.74, 6) is 0.380. The number of anilines is 1. The number of carbonyl (C=O) groups is 2. The number of nitrogens with zero attached hydrogens (tertiary/aromatic N) is 5. The highest BCUT2D eigenvalue weighted by atomic mass is 16.6. The number of fused-ring (bicyclic) bond motifs is 3. The molecule has 4 aromatic heterocycles. The van der Waals surface area contributed by atoms with Crippen molar-refractivity contribution in [2.45, 2.75) is 53.1 Å². The number of carbonyl (C=O) groups excluding carboxylic acids is 2. The zero-order valence-electron chi connectivity index (χ0n) is 19.3. The van der Waals surface area contributed by atoms with Gasteiger partial charge in [-0.05, 0) is 51.8 Å². The SMILES string of the molecule is CCCC(=O)c1cc(C)c(-c2cc3cnc(NC(=O)OC(C)(C)C)cc3n3ncnc23)cn1. The van der Waals surface area contributed by atoms with Gasteiger partial charge in [-0.2, -0.15) is 5.10 Å². The average molecular weight is 447 g/mol. The summed E-state index contributed by atoms with van der Waals surface area (Å²) in [5, 5.41) is 7.83. The maximum atomic E-state index is 12.2. The number of rotatable bonds is 5. The first-order valence-corrected chi connectivity index (χ1v) is 10.8. The van der Waals surface area contributed by atoms with Crippen LogP contribution in [0.15, 0.2) is 36.9 Å². The Hall–Kier alpha value is -3.88. The van der Waals surface area contributed by atoms with Gasteiger partial charge in [-0.25, -0.2) is 19.3 Å². The van der Waals surface area contributed by atoms with Gasteiger partial charge in [-0.15, -0.1) is 0 Å². The minimum atomic E-state index is -0.613. The molecule has 0 atom stereocenters. The molecule has 0 aromatic carbocycles. The predicted octanol–water partition coefficient (Wildman–Crippen LogP) is 4.98. The molecule has 33 heavy (non-hydrogen) atoms. The average Bonchev–Trinajstić information content (AvgIpc) is 3.22. The molecule has 1 amide bonds. The van der Waals surface area contributed by atoms with Gasteiger partial charge in [0.1, 0.15) is 23.4 Å². The number of aryl methyl sites for hydroxylation is 1. The molecule has 9 heteroatoms. The third-order valence-electron chi connectivity index (χ3n) is 5.02. The summed E-state index contributed by atoms with van der Waals surface area (Å²) in [6.45, 7) is 9.31. The molecule has 4 aromatic rings. The summed E-state index contributed by atoms with van der Waals surface area (Å²) in [5.41, 5.74) is 3.83. The second-order valence-corrected chi connectivity index (χ2v) is 8.87. The molecule has 0 aliphatic rings. The van der Waals surface area contributed by atoms with Crippen molar-refractivity contribution < 1.29 is 14.3 Å². The maximum Gasteiger partial charge on any atom is 0.413 e. The lowest BCUT2D eigenvalue weighted by Gasteiger charge is -2.19. The molecular formula is C24H26N6O3. The van der Waals surface area contributed by atoms with Crippen molar-refractivity contribution in [3.8, 4) is 11.1 Å². The number of pyridine rings is 3. The van der Waals surface area contributed by atoms with Gasteiger partial charge in [0.25, 0.3) is 0 Å². The number of Topliss-reactive ketones (excluding diaryl/α,β-unsaturated/α-hetero) is 1. The van der Waals surface area contributed by atoms with Crippen LogP contribution in [0.4, 0.5) is 10.6 Å². The lowest BCUT2D eigenvalue weighted by molar-refractivity contribution is 0.0635. The molecule has 170 valence electrons. The molecule has 0 unspecified atom stereocenters. The second-order valence-electron chi connectivity index (χ2n) is 8.87. The van der Waals surface area contributed by atoms with Crippen LogP contribution in [0.1, 0.15) is 56.6 Å². The summed E-state index contributed by atoms with van der Waals surface area (Å²) in [6.07, 6.45) is 5.52. The molecule has 0 saturated heterocycles. The van der Waals surface area contributed by atoms with E-state index in [-0.39, 0.29) is 5.78 Å². The van der Waals surface area contributed by atoms with E-state index in [4.69, 9.17) is 4.74 Å². The Labute approximate surface area is 191 Å². The van der Waals surface area contributed by atoms with Gasteiger partial charge in [0, 0.05) is 41.4 Å². The van der Waals surface area contributed by atoms with Crippen LogP contribution in [0, 0.1) is 6.92 Å². The van der Waals surface area contributed by atoms with Crippen LogP contribution in [-0.4, -0.2) is 42.0 Å². The zero-order valence-corrected chi connectivity index (χ0v) is 19.3. The normalized spacial score (nSPS) is 11.7. The van der Waals surface area contributed by atoms with Crippen LogP contribution in [-0.2, 0) is 4.74 Å². The smallest absolute Gasteiger partial charge is 0.413 e. The second kappa shape index (κ2) is 8.57. The van der Waals surface area contributed by atoms with Gasteiger partial charge >= 0.3 is 6.09 Å². The van der Waals surface area contributed by atoms with E-state index < -0.39 is 11.7 Å². The highest BCUT2D eigenvalue weighted by molar-refractivity contribution is 5.96. The molecule has 4 heterocycles. The summed E-state index contributed by atoms with van der Waals surface area (Å²) < 4.78 is 7.00. The van der Waals surface area contributed by atoms with Crippen molar-refractivity contribution in [3.63, 3.8) is 0 Å². The van der Waals surface area contributed by atoms with Gasteiger partial charge < -0.3 is 4.74 Å². The Morgan fingerprint density at radius 2 is 1.85 bits per heavy atom. The number of nitrogens with one attached hydrogen (secondary N) is 1. The molecule has 0 bridgehead atoms. The van der Waals surface area contributed by atoms with Gasteiger partial charge in [0.15, 0.2) is 11.4 Å². The Kier molecular flexibility index (Phi) is 5.80.